The number of carbonyl (C=O) groups is 3. The summed E-state index contributed by atoms with van der Waals surface area (Å²) in [4.78, 5) is 40.1. The molecule has 0 bridgehead atoms. The van der Waals surface area contributed by atoms with Crippen LogP contribution in [-0.4, -0.2) is 73.9 Å². The monoisotopic (exact) mass is 509 g/mol. The fourth-order valence-electron chi connectivity index (χ4n) is 4.44. The summed E-state index contributed by atoms with van der Waals surface area (Å²) in [5.41, 5.74) is 0.0555. The molecule has 3 rings (SSSR count). The van der Waals surface area contributed by atoms with E-state index in [1.54, 1.807) is 18.2 Å². The van der Waals surface area contributed by atoms with Gasteiger partial charge in [-0.05, 0) is 43.9 Å². The predicted molar refractivity (Wildman–Crippen MR) is 131 cm³/mol. The second-order valence-corrected chi connectivity index (χ2v) is 10.4. The molecule has 0 saturated carbocycles. The van der Waals surface area contributed by atoms with Crippen molar-refractivity contribution in [3.05, 3.63) is 28.8 Å². The zero-order valence-corrected chi connectivity index (χ0v) is 21.8. The first-order valence-corrected chi connectivity index (χ1v) is 12.4. The van der Waals surface area contributed by atoms with Crippen molar-refractivity contribution >= 4 is 29.4 Å². The quantitative estimate of drug-likeness (QED) is 0.493. The average molecular weight is 510 g/mol. The third-order valence-corrected chi connectivity index (χ3v) is 6.87. The number of carbonyl (C=O) groups excluding carboxylic acids is 3. The first-order chi connectivity index (χ1) is 16.5. The molecule has 0 unspecified atom stereocenters. The summed E-state index contributed by atoms with van der Waals surface area (Å²) in [7, 11) is 1.50. The zero-order valence-electron chi connectivity index (χ0n) is 21.1. The van der Waals surface area contributed by atoms with Gasteiger partial charge in [0.25, 0.3) is 5.91 Å². The van der Waals surface area contributed by atoms with Gasteiger partial charge in [-0.1, -0.05) is 38.4 Å². The molecule has 2 amide bonds. The number of benzene rings is 1. The summed E-state index contributed by atoms with van der Waals surface area (Å²) in [6.45, 7) is 9.55. The lowest BCUT2D eigenvalue weighted by molar-refractivity contribution is -0.164. The van der Waals surface area contributed by atoms with Crippen molar-refractivity contribution < 1.29 is 28.6 Å². The van der Waals surface area contributed by atoms with E-state index < -0.39 is 12.3 Å². The van der Waals surface area contributed by atoms with Gasteiger partial charge in [0.05, 0.1) is 30.2 Å². The van der Waals surface area contributed by atoms with Gasteiger partial charge in [0.2, 0.25) is 12.2 Å². The molecule has 2 fully saturated rings. The predicted octanol–water partition coefficient (Wildman–Crippen LogP) is 2.75. The summed E-state index contributed by atoms with van der Waals surface area (Å²) in [6, 6.07) is 3.96. The van der Waals surface area contributed by atoms with Crippen LogP contribution in [0.2, 0.25) is 5.02 Å². The number of hydrogen-bond acceptors (Lipinski definition) is 7. The van der Waals surface area contributed by atoms with Gasteiger partial charge in [-0.15, -0.1) is 0 Å². The molecule has 2 aliphatic heterocycles. The van der Waals surface area contributed by atoms with Crippen LogP contribution in [0.5, 0.6) is 5.75 Å². The molecule has 0 spiro atoms. The first kappa shape index (κ1) is 27.2. The van der Waals surface area contributed by atoms with Gasteiger partial charge < -0.3 is 24.8 Å². The highest BCUT2D eigenvalue weighted by molar-refractivity contribution is 6.35. The molecule has 0 radical (unpaired) electrons. The Bertz CT molecular complexity index is 934. The largest absolute Gasteiger partial charge is 0.495 e. The number of methoxy groups -OCH3 is 1. The maximum absolute atomic E-state index is 13.2. The van der Waals surface area contributed by atoms with E-state index >= 15 is 0 Å². The fourth-order valence-corrected chi connectivity index (χ4v) is 4.73. The molecule has 35 heavy (non-hydrogen) atoms. The average Bonchev–Trinajstić information content (AvgIpc) is 3.39. The Morgan fingerprint density at radius 3 is 2.71 bits per heavy atom. The Morgan fingerprint density at radius 1 is 1.31 bits per heavy atom. The lowest BCUT2D eigenvalue weighted by Gasteiger charge is -2.36. The molecule has 2 aliphatic rings. The third-order valence-electron chi connectivity index (χ3n) is 6.48. The van der Waals surface area contributed by atoms with Gasteiger partial charge in [0.15, 0.2) is 0 Å². The fraction of sp³-hybridized carbons (Fsp3) is 0.640. The minimum atomic E-state index is -0.763. The van der Waals surface area contributed by atoms with Crippen molar-refractivity contribution in [3.8, 4) is 5.75 Å². The summed E-state index contributed by atoms with van der Waals surface area (Å²) in [6.07, 6.45) is 0.879. The molecule has 2 heterocycles. The number of nitrogens with zero attached hydrogens (tertiary/aromatic N) is 1. The van der Waals surface area contributed by atoms with Gasteiger partial charge in [-0.25, -0.2) is 0 Å². The number of esters is 1. The van der Waals surface area contributed by atoms with Crippen LogP contribution in [0.15, 0.2) is 18.2 Å². The number of likely N-dealkylation sites (tertiary alicyclic amines) is 1. The van der Waals surface area contributed by atoms with Crippen LogP contribution in [0, 0.1) is 5.41 Å². The van der Waals surface area contributed by atoms with Gasteiger partial charge >= 0.3 is 5.97 Å². The highest BCUT2D eigenvalue weighted by Crippen LogP contribution is 2.29. The lowest BCUT2D eigenvalue weighted by atomic mass is 9.86. The van der Waals surface area contributed by atoms with Crippen molar-refractivity contribution in [1.29, 1.82) is 0 Å². The van der Waals surface area contributed by atoms with Gasteiger partial charge in [0.1, 0.15) is 11.8 Å². The van der Waals surface area contributed by atoms with Crippen LogP contribution < -0.4 is 15.4 Å². The minimum Gasteiger partial charge on any atom is -0.495 e. The first-order valence-electron chi connectivity index (χ1n) is 12.0. The summed E-state index contributed by atoms with van der Waals surface area (Å²) < 4.78 is 15.9. The normalized spacial score (nSPS) is 23.6. The molecule has 10 heteroatoms. The van der Waals surface area contributed by atoms with Crippen molar-refractivity contribution in [2.24, 2.45) is 5.41 Å². The highest BCUT2D eigenvalue weighted by Gasteiger charge is 2.41. The van der Waals surface area contributed by atoms with Crippen LogP contribution in [0.3, 0.4) is 0 Å². The van der Waals surface area contributed by atoms with Gasteiger partial charge in [-0.3, -0.25) is 19.3 Å². The van der Waals surface area contributed by atoms with Crippen LogP contribution in [0.1, 0.15) is 57.3 Å². The number of hydrogen-bond donors (Lipinski definition) is 2. The molecule has 0 aliphatic carbocycles. The second kappa shape index (κ2) is 11.6. The Hall–Kier alpha value is -2.36. The Kier molecular flexibility index (Phi) is 9.01. The SMILES string of the molecule is CCO[C@@H]1OC(=O)C[C@@H]1NC(=O)[C@@H]1CCCN1C[C@@H](NC(=O)c1cccc(OC)c1Cl)C(C)(C)C. The topological polar surface area (TPSA) is 106 Å². The number of nitrogens with one attached hydrogen (secondary N) is 2. The maximum atomic E-state index is 13.2. The van der Waals surface area contributed by atoms with Crippen molar-refractivity contribution in [2.45, 2.75) is 71.4 Å². The molecule has 4 atom stereocenters. The lowest BCUT2D eigenvalue weighted by Crippen LogP contribution is -2.55. The molecular weight excluding hydrogens is 474 g/mol. The van der Waals surface area contributed by atoms with E-state index in [1.807, 2.05) is 27.7 Å². The van der Waals surface area contributed by atoms with E-state index in [9.17, 15) is 14.4 Å². The summed E-state index contributed by atoms with van der Waals surface area (Å²) in [5.74, 6) is -0.410. The van der Waals surface area contributed by atoms with Crippen LogP contribution in [0.25, 0.3) is 0 Å². The van der Waals surface area contributed by atoms with E-state index in [2.05, 4.69) is 15.5 Å². The van der Waals surface area contributed by atoms with E-state index in [1.165, 1.54) is 7.11 Å². The Labute approximate surface area is 211 Å². The Balaban J connectivity index is 1.69. The van der Waals surface area contributed by atoms with E-state index in [4.69, 9.17) is 25.8 Å². The van der Waals surface area contributed by atoms with Crippen molar-refractivity contribution in [2.75, 3.05) is 26.8 Å². The van der Waals surface area contributed by atoms with Gasteiger partial charge in [0, 0.05) is 19.2 Å². The minimum absolute atomic E-state index is 0.0884. The number of halogens is 1. The second-order valence-electron chi connectivity index (χ2n) is 10.00. The van der Waals surface area contributed by atoms with Crippen molar-refractivity contribution in [1.82, 2.24) is 15.5 Å². The number of rotatable bonds is 9. The van der Waals surface area contributed by atoms with Gasteiger partial charge in [-0.2, -0.15) is 0 Å². The summed E-state index contributed by atoms with van der Waals surface area (Å²) in [5, 5.41) is 6.32. The standard InChI is InChI=1S/C25H36ClN3O6/c1-6-34-24-16(13-20(30)35-24)27-23(32)17-10-8-12-29(17)14-19(25(2,3)4)28-22(31)15-9-7-11-18(33-5)21(15)26/h7,9,11,16-17,19,24H,6,8,10,12-14H2,1-5H3,(H,27,32)(H,28,31)/t16-,17-,19+,24+/m0/s1. The highest BCUT2D eigenvalue weighted by atomic mass is 35.5. The van der Waals surface area contributed by atoms with E-state index in [-0.39, 0.29) is 46.7 Å². The number of ether oxygens (including phenoxy) is 3. The van der Waals surface area contributed by atoms with Crippen molar-refractivity contribution in [3.63, 3.8) is 0 Å². The van der Waals surface area contributed by atoms with Crippen LogP contribution in [-0.2, 0) is 19.1 Å². The molecule has 0 aromatic heterocycles. The molecule has 2 N–H and O–H groups in total. The molecule has 194 valence electrons. The molecule has 1 aromatic carbocycles. The van der Waals surface area contributed by atoms with Crippen LogP contribution in [0.4, 0.5) is 0 Å². The van der Waals surface area contributed by atoms with Crippen LogP contribution >= 0.6 is 11.6 Å². The van der Waals surface area contributed by atoms with E-state index in [0.29, 0.717) is 30.9 Å². The van der Waals surface area contributed by atoms with E-state index in [0.717, 1.165) is 13.0 Å². The molecule has 1 aromatic rings. The molecular formula is C25H36ClN3O6. The zero-order chi connectivity index (χ0) is 25.8. The molecule has 9 nitrogen and oxygen atoms in total. The molecule has 2 saturated heterocycles. The number of amides is 2. The maximum Gasteiger partial charge on any atom is 0.310 e. The number of cyclic esters (lactones) is 1. The Morgan fingerprint density at radius 2 is 2.06 bits per heavy atom. The smallest absolute Gasteiger partial charge is 0.310 e. The summed E-state index contributed by atoms with van der Waals surface area (Å²) >= 11 is 6.37. The third kappa shape index (κ3) is 6.65.